The molecule has 1 aliphatic heterocycles. The van der Waals surface area contributed by atoms with E-state index in [0.717, 1.165) is 5.56 Å². The number of ether oxygens (including phenoxy) is 3. The quantitative estimate of drug-likeness (QED) is 0.688. The van der Waals surface area contributed by atoms with Gasteiger partial charge in [-0.15, -0.1) is 6.58 Å². The lowest BCUT2D eigenvalue weighted by Gasteiger charge is -2.16. The zero-order chi connectivity index (χ0) is 18.4. The standard InChI is InChI=1S/C18H24N2O5/c1-4-5-11-8-12(9-15(23-2)16(11)24-3)18(22)20-10-13-6-7-14(25-13)17(19)21/h4,8-9,13-14H,1,5-7,10H2,2-3H3,(H2,19,21)(H,20,22)/t13-,14+/m1/s1. The van der Waals surface area contributed by atoms with Crippen LogP contribution in [0, 0.1) is 0 Å². The van der Waals surface area contributed by atoms with Crippen LogP contribution in [0.3, 0.4) is 0 Å². The van der Waals surface area contributed by atoms with E-state index in [1.54, 1.807) is 25.3 Å². The van der Waals surface area contributed by atoms with Crippen molar-refractivity contribution in [3.8, 4) is 11.5 Å². The van der Waals surface area contributed by atoms with Gasteiger partial charge in [-0.25, -0.2) is 0 Å². The number of amides is 2. The highest BCUT2D eigenvalue weighted by molar-refractivity contribution is 5.95. The molecule has 1 aliphatic rings. The summed E-state index contributed by atoms with van der Waals surface area (Å²) in [4.78, 5) is 23.6. The Labute approximate surface area is 147 Å². The van der Waals surface area contributed by atoms with Gasteiger partial charge >= 0.3 is 0 Å². The third-order valence-corrected chi connectivity index (χ3v) is 4.10. The molecule has 1 saturated heterocycles. The van der Waals surface area contributed by atoms with Crippen LogP contribution >= 0.6 is 0 Å². The first-order valence-electron chi connectivity index (χ1n) is 8.08. The Morgan fingerprint density at radius 2 is 2.12 bits per heavy atom. The monoisotopic (exact) mass is 348 g/mol. The molecule has 0 aromatic heterocycles. The molecule has 2 atom stereocenters. The fourth-order valence-corrected chi connectivity index (χ4v) is 2.86. The third-order valence-electron chi connectivity index (χ3n) is 4.10. The highest BCUT2D eigenvalue weighted by Gasteiger charge is 2.29. The fraction of sp³-hybridized carbons (Fsp3) is 0.444. The second-order valence-electron chi connectivity index (χ2n) is 5.80. The molecule has 1 fully saturated rings. The van der Waals surface area contributed by atoms with Crippen molar-refractivity contribution in [1.82, 2.24) is 5.32 Å². The number of primary amides is 1. The van der Waals surface area contributed by atoms with Gasteiger partial charge in [0, 0.05) is 17.7 Å². The zero-order valence-electron chi connectivity index (χ0n) is 14.5. The summed E-state index contributed by atoms with van der Waals surface area (Å²) in [5.41, 5.74) is 6.50. The maximum absolute atomic E-state index is 12.5. The molecule has 2 rings (SSSR count). The van der Waals surface area contributed by atoms with E-state index >= 15 is 0 Å². The molecular weight excluding hydrogens is 324 g/mol. The number of benzene rings is 1. The Kier molecular flexibility index (Phi) is 6.41. The van der Waals surface area contributed by atoms with Gasteiger partial charge in [0.2, 0.25) is 5.91 Å². The van der Waals surface area contributed by atoms with Gasteiger partial charge in [-0.2, -0.15) is 0 Å². The minimum Gasteiger partial charge on any atom is -0.493 e. The number of rotatable bonds is 8. The SMILES string of the molecule is C=CCc1cc(C(=O)NC[C@H]2CC[C@@H](C(N)=O)O2)cc(OC)c1OC. The smallest absolute Gasteiger partial charge is 0.251 e. The first-order chi connectivity index (χ1) is 12.0. The molecule has 7 heteroatoms. The molecule has 0 bridgehead atoms. The van der Waals surface area contributed by atoms with E-state index in [1.807, 2.05) is 0 Å². The van der Waals surface area contributed by atoms with E-state index in [9.17, 15) is 9.59 Å². The van der Waals surface area contributed by atoms with Gasteiger partial charge in [0.05, 0.1) is 20.3 Å². The van der Waals surface area contributed by atoms with Gasteiger partial charge < -0.3 is 25.3 Å². The first kappa shape index (κ1) is 18.8. The van der Waals surface area contributed by atoms with E-state index < -0.39 is 12.0 Å². The Hall–Kier alpha value is -2.54. The molecular formula is C18H24N2O5. The summed E-state index contributed by atoms with van der Waals surface area (Å²) >= 11 is 0. The van der Waals surface area contributed by atoms with E-state index in [2.05, 4.69) is 11.9 Å². The molecule has 0 unspecified atom stereocenters. The molecule has 7 nitrogen and oxygen atoms in total. The number of methoxy groups -OCH3 is 2. The van der Waals surface area contributed by atoms with Crippen molar-refractivity contribution < 1.29 is 23.8 Å². The van der Waals surface area contributed by atoms with Crippen LogP contribution in [0.25, 0.3) is 0 Å². The maximum atomic E-state index is 12.5. The lowest BCUT2D eigenvalue weighted by atomic mass is 10.0. The summed E-state index contributed by atoms with van der Waals surface area (Å²) in [6.45, 7) is 4.03. The lowest BCUT2D eigenvalue weighted by molar-refractivity contribution is -0.128. The predicted molar refractivity (Wildman–Crippen MR) is 92.9 cm³/mol. The highest BCUT2D eigenvalue weighted by Crippen LogP contribution is 2.33. The summed E-state index contributed by atoms with van der Waals surface area (Å²) in [5.74, 6) is 0.348. The number of nitrogens with one attached hydrogen (secondary N) is 1. The van der Waals surface area contributed by atoms with Crippen LogP contribution < -0.4 is 20.5 Å². The lowest BCUT2D eigenvalue weighted by Crippen LogP contribution is -2.34. The Bertz CT molecular complexity index is 659. The van der Waals surface area contributed by atoms with Crippen molar-refractivity contribution in [2.75, 3.05) is 20.8 Å². The van der Waals surface area contributed by atoms with Crippen LogP contribution in [0.5, 0.6) is 11.5 Å². The van der Waals surface area contributed by atoms with E-state index in [-0.39, 0.29) is 12.0 Å². The highest BCUT2D eigenvalue weighted by atomic mass is 16.5. The molecule has 1 aromatic carbocycles. The molecule has 3 N–H and O–H groups in total. The van der Waals surface area contributed by atoms with Gasteiger partial charge in [0.1, 0.15) is 6.10 Å². The van der Waals surface area contributed by atoms with Crippen LogP contribution in [-0.2, 0) is 16.0 Å². The van der Waals surface area contributed by atoms with Crippen molar-refractivity contribution in [2.45, 2.75) is 31.5 Å². The average molecular weight is 348 g/mol. The zero-order valence-corrected chi connectivity index (χ0v) is 14.5. The van der Waals surface area contributed by atoms with Gasteiger partial charge in [-0.05, 0) is 31.4 Å². The maximum Gasteiger partial charge on any atom is 0.251 e. The minimum atomic E-state index is -0.567. The predicted octanol–water partition coefficient (Wildman–Crippen LogP) is 1.20. The van der Waals surface area contributed by atoms with Crippen molar-refractivity contribution in [2.24, 2.45) is 5.73 Å². The van der Waals surface area contributed by atoms with Gasteiger partial charge in [0.15, 0.2) is 11.5 Å². The van der Waals surface area contributed by atoms with E-state index in [4.69, 9.17) is 19.9 Å². The molecule has 0 spiro atoms. The van der Waals surface area contributed by atoms with Crippen LogP contribution in [0.1, 0.15) is 28.8 Å². The largest absolute Gasteiger partial charge is 0.493 e. The van der Waals surface area contributed by atoms with E-state index in [1.165, 1.54) is 7.11 Å². The summed E-state index contributed by atoms with van der Waals surface area (Å²) in [5, 5.41) is 2.82. The second-order valence-corrected chi connectivity index (χ2v) is 5.80. The number of carbonyl (C=O) groups excluding carboxylic acids is 2. The van der Waals surface area contributed by atoms with Crippen LogP contribution in [0.15, 0.2) is 24.8 Å². The third kappa shape index (κ3) is 4.51. The summed E-state index contributed by atoms with van der Waals surface area (Å²) in [7, 11) is 3.07. The van der Waals surface area contributed by atoms with Crippen LogP contribution in [0.4, 0.5) is 0 Å². The Morgan fingerprint density at radius 3 is 2.68 bits per heavy atom. The van der Waals surface area contributed by atoms with Crippen LogP contribution in [0.2, 0.25) is 0 Å². The topological polar surface area (TPSA) is 99.9 Å². The second kappa shape index (κ2) is 8.53. The van der Waals surface area contributed by atoms with E-state index in [0.29, 0.717) is 42.9 Å². The van der Waals surface area contributed by atoms with Crippen molar-refractivity contribution >= 4 is 11.8 Å². The summed E-state index contributed by atoms with van der Waals surface area (Å²) in [6, 6.07) is 3.38. The summed E-state index contributed by atoms with van der Waals surface area (Å²) in [6.07, 6.45) is 2.76. The molecule has 0 radical (unpaired) electrons. The minimum absolute atomic E-state index is 0.214. The molecule has 136 valence electrons. The van der Waals surface area contributed by atoms with Gasteiger partial charge in [-0.3, -0.25) is 9.59 Å². The van der Waals surface area contributed by atoms with Crippen LogP contribution in [-0.4, -0.2) is 44.8 Å². The average Bonchev–Trinajstić information content (AvgIpc) is 3.08. The van der Waals surface area contributed by atoms with Crippen molar-refractivity contribution in [1.29, 1.82) is 0 Å². The number of hydrogen-bond acceptors (Lipinski definition) is 5. The van der Waals surface area contributed by atoms with Crippen molar-refractivity contribution in [3.63, 3.8) is 0 Å². The molecule has 25 heavy (non-hydrogen) atoms. The molecule has 2 amide bonds. The number of hydrogen-bond donors (Lipinski definition) is 2. The fourth-order valence-electron chi connectivity index (χ4n) is 2.86. The number of carbonyl (C=O) groups is 2. The Balaban J connectivity index is 2.07. The number of nitrogens with two attached hydrogens (primary N) is 1. The van der Waals surface area contributed by atoms with Crippen molar-refractivity contribution in [3.05, 3.63) is 35.9 Å². The molecule has 0 saturated carbocycles. The normalized spacial score (nSPS) is 19.3. The van der Waals surface area contributed by atoms with Gasteiger partial charge in [-0.1, -0.05) is 6.08 Å². The van der Waals surface area contributed by atoms with Gasteiger partial charge in [0.25, 0.3) is 5.91 Å². The molecule has 0 aliphatic carbocycles. The summed E-state index contributed by atoms with van der Waals surface area (Å²) < 4.78 is 16.2. The molecule has 1 heterocycles. The first-order valence-corrected chi connectivity index (χ1v) is 8.08. The number of allylic oxidation sites excluding steroid dienone is 1. The molecule has 1 aromatic rings. The Morgan fingerprint density at radius 1 is 1.36 bits per heavy atom.